The third kappa shape index (κ3) is 3.29. The largest absolute Gasteiger partial charge is 0.478 e. The van der Waals surface area contributed by atoms with E-state index in [9.17, 15) is 4.79 Å². The summed E-state index contributed by atoms with van der Waals surface area (Å²) in [6.45, 7) is 0. The summed E-state index contributed by atoms with van der Waals surface area (Å²) in [6, 6.07) is 5.47. The van der Waals surface area contributed by atoms with Gasteiger partial charge in [-0.15, -0.1) is 0 Å². The van der Waals surface area contributed by atoms with E-state index in [1.807, 2.05) is 25.1 Å². The second-order valence-corrected chi connectivity index (χ2v) is 3.68. The van der Waals surface area contributed by atoms with E-state index in [1.165, 1.54) is 6.08 Å². The van der Waals surface area contributed by atoms with Gasteiger partial charge in [-0.1, -0.05) is 17.7 Å². The summed E-state index contributed by atoms with van der Waals surface area (Å²) in [4.78, 5) is 12.2. The molecule has 0 atom stereocenters. The predicted octanol–water partition coefficient (Wildman–Crippen LogP) is 2.50. The molecule has 0 aromatic heterocycles. The summed E-state index contributed by atoms with van der Waals surface area (Å²) in [5, 5.41) is 9.01. The summed E-state index contributed by atoms with van der Waals surface area (Å²) in [5.41, 5.74) is 1.68. The lowest BCUT2D eigenvalue weighted by atomic mass is 10.2. The molecule has 0 amide bonds. The lowest BCUT2D eigenvalue weighted by Gasteiger charge is -2.13. The van der Waals surface area contributed by atoms with Crippen LogP contribution in [0.4, 0.5) is 5.69 Å². The van der Waals surface area contributed by atoms with Gasteiger partial charge in [0, 0.05) is 30.9 Å². The van der Waals surface area contributed by atoms with E-state index in [1.54, 1.807) is 12.1 Å². The molecular weight excluding hydrogens is 214 g/mol. The molecule has 80 valence electrons. The Morgan fingerprint density at radius 2 is 2.13 bits per heavy atom. The van der Waals surface area contributed by atoms with Gasteiger partial charge in [-0.3, -0.25) is 0 Å². The van der Waals surface area contributed by atoms with Crippen LogP contribution in [-0.2, 0) is 4.79 Å². The Morgan fingerprint density at radius 3 is 2.60 bits per heavy atom. The molecule has 0 aliphatic rings. The van der Waals surface area contributed by atoms with Gasteiger partial charge in [0.1, 0.15) is 0 Å². The van der Waals surface area contributed by atoms with Crippen molar-refractivity contribution in [1.82, 2.24) is 0 Å². The van der Waals surface area contributed by atoms with Gasteiger partial charge in [0.25, 0.3) is 0 Å². The molecule has 3 nitrogen and oxygen atoms in total. The number of nitrogens with zero attached hydrogens (tertiary/aromatic N) is 1. The van der Waals surface area contributed by atoms with Crippen molar-refractivity contribution in [1.29, 1.82) is 0 Å². The van der Waals surface area contributed by atoms with Crippen molar-refractivity contribution < 1.29 is 9.90 Å². The number of benzene rings is 1. The Bertz CT molecular complexity index is 400. The molecule has 1 rings (SSSR count). The average molecular weight is 226 g/mol. The van der Waals surface area contributed by atoms with E-state index in [0.29, 0.717) is 10.6 Å². The van der Waals surface area contributed by atoms with Gasteiger partial charge in [-0.2, -0.15) is 0 Å². The van der Waals surface area contributed by atoms with Gasteiger partial charge >= 0.3 is 5.97 Å². The highest BCUT2D eigenvalue weighted by atomic mass is 35.5. The van der Waals surface area contributed by atoms with Gasteiger partial charge in [-0.05, 0) is 23.8 Å². The molecule has 0 radical (unpaired) electrons. The molecule has 15 heavy (non-hydrogen) atoms. The Kier molecular flexibility index (Phi) is 3.74. The van der Waals surface area contributed by atoms with Crippen molar-refractivity contribution in [2.45, 2.75) is 0 Å². The van der Waals surface area contributed by atoms with Gasteiger partial charge < -0.3 is 10.0 Å². The number of anilines is 1. The van der Waals surface area contributed by atoms with Crippen LogP contribution in [0.5, 0.6) is 0 Å². The number of aliphatic carboxylic acids is 1. The van der Waals surface area contributed by atoms with Crippen molar-refractivity contribution in [3.8, 4) is 0 Å². The molecule has 0 aliphatic carbocycles. The third-order valence-electron chi connectivity index (χ3n) is 1.91. The fraction of sp³-hybridized carbons (Fsp3) is 0.182. The van der Waals surface area contributed by atoms with E-state index in [2.05, 4.69) is 0 Å². The Balaban J connectivity index is 2.98. The van der Waals surface area contributed by atoms with E-state index in [0.717, 1.165) is 11.8 Å². The van der Waals surface area contributed by atoms with Crippen LogP contribution in [0.15, 0.2) is 24.3 Å². The zero-order valence-electron chi connectivity index (χ0n) is 8.57. The van der Waals surface area contributed by atoms with Crippen LogP contribution in [0, 0.1) is 0 Å². The first-order valence-electron chi connectivity index (χ1n) is 4.38. The molecular formula is C11H12ClNO2. The Labute approximate surface area is 93.6 Å². The zero-order chi connectivity index (χ0) is 11.4. The normalized spacial score (nSPS) is 10.6. The van der Waals surface area contributed by atoms with Crippen molar-refractivity contribution in [2.24, 2.45) is 0 Å². The zero-order valence-corrected chi connectivity index (χ0v) is 9.32. The number of carbonyl (C=O) groups is 1. The number of hydrogen-bond donors (Lipinski definition) is 1. The summed E-state index contributed by atoms with van der Waals surface area (Å²) in [5.74, 6) is -0.984. The second-order valence-electron chi connectivity index (χ2n) is 3.27. The van der Waals surface area contributed by atoms with Crippen LogP contribution in [0.1, 0.15) is 5.56 Å². The lowest BCUT2D eigenvalue weighted by Crippen LogP contribution is -2.08. The number of carboxylic acid groups (broad SMARTS) is 1. The topological polar surface area (TPSA) is 40.5 Å². The van der Waals surface area contributed by atoms with Gasteiger partial charge in [0.15, 0.2) is 0 Å². The molecule has 4 heteroatoms. The maximum absolute atomic E-state index is 10.3. The minimum Gasteiger partial charge on any atom is -0.478 e. The molecule has 0 heterocycles. The first-order valence-corrected chi connectivity index (χ1v) is 4.76. The first kappa shape index (κ1) is 11.6. The van der Waals surface area contributed by atoms with Crippen LogP contribution >= 0.6 is 11.6 Å². The van der Waals surface area contributed by atoms with Crippen LogP contribution < -0.4 is 4.90 Å². The van der Waals surface area contributed by atoms with Crippen molar-refractivity contribution in [3.63, 3.8) is 0 Å². The van der Waals surface area contributed by atoms with E-state index in [4.69, 9.17) is 16.7 Å². The van der Waals surface area contributed by atoms with Crippen molar-refractivity contribution in [3.05, 3.63) is 34.9 Å². The van der Waals surface area contributed by atoms with Crippen LogP contribution in [0.3, 0.4) is 0 Å². The summed E-state index contributed by atoms with van der Waals surface area (Å²) in [7, 11) is 3.83. The maximum atomic E-state index is 10.3. The molecule has 1 N–H and O–H groups in total. The smallest absolute Gasteiger partial charge is 0.328 e. The Morgan fingerprint density at radius 1 is 1.47 bits per heavy atom. The maximum Gasteiger partial charge on any atom is 0.328 e. The quantitative estimate of drug-likeness (QED) is 0.804. The summed E-state index contributed by atoms with van der Waals surface area (Å²) < 4.78 is 0. The fourth-order valence-corrected chi connectivity index (χ4v) is 1.33. The highest BCUT2D eigenvalue weighted by Gasteiger charge is 2.00. The molecule has 0 saturated heterocycles. The highest BCUT2D eigenvalue weighted by Crippen LogP contribution is 2.23. The molecule has 0 bridgehead atoms. The molecule has 1 aromatic rings. The molecule has 0 spiro atoms. The van der Waals surface area contributed by atoms with Crippen molar-refractivity contribution in [2.75, 3.05) is 19.0 Å². The Hall–Kier alpha value is -1.48. The monoisotopic (exact) mass is 225 g/mol. The predicted molar refractivity (Wildman–Crippen MR) is 62.4 cm³/mol. The molecule has 0 fully saturated rings. The number of rotatable bonds is 3. The van der Waals surface area contributed by atoms with E-state index < -0.39 is 5.97 Å². The van der Waals surface area contributed by atoms with Crippen LogP contribution in [0.2, 0.25) is 5.02 Å². The number of halogens is 1. The van der Waals surface area contributed by atoms with E-state index in [-0.39, 0.29) is 0 Å². The number of hydrogen-bond acceptors (Lipinski definition) is 2. The standard InChI is InChI=1S/C11H12ClNO2/c1-13(2)9-5-3-8(10(12)7-9)4-6-11(14)15/h3-7H,1-2H3,(H,14,15). The third-order valence-corrected chi connectivity index (χ3v) is 2.23. The van der Waals surface area contributed by atoms with Crippen molar-refractivity contribution >= 4 is 29.3 Å². The van der Waals surface area contributed by atoms with Gasteiger partial charge in [0.2, 0.25) is 0 Å². The first-order chi connectivity index (χ1) is 7.00. The average Bonchev–Trinajstić information content (AvgIpc) is 2.15. The highest BCUT2D eigenvalue weighted by molar-refractivity contribution is 6.32. The van der Waals surface area contributed by atoms with Gasteiger partial charge in [-0.25, -0.2) is 4.79 Å². The SMILES string of the molecule is CN(C)c1ccc(C=CC(=O)O)c(Cl)c1. The van der Waals surface area contributed by atoms with Crippen LogP contribution in [0.25, 0.3) is 6.08 Å². The minimum absolute atomic E-state index is 0.540. The molecule has 0 saturated carbocycles. The number of carboxylic acids is 1. The summed E-state index contributed by atoms with van der Waals surface area (Å²) >= 11 is 5.99. The van der Waals surface area contributed by atoms with Gasteiger partial charge in [0.05, 0.1) is 0 Å². The second kappa shape index (κ2) is 4.84. The minimum atomic E-state index is -0.984. The van der Waals surface area contributed by atoms with Crippen LogP contribution in [-0.4, -0.2) is 25.2 Å². The molecule has 0 aliphatic heterocycles. The summed E-state index contributed by atoms with van der Waals surface area (Å²) in [6.07, 6.45) is 2.54. The fourth-order valence-electron chi connectivity index (χ4n) is 1.09. The lowest BCUT2D eigenvalue weighted by molar-refractivity contribution is -0.131. The molecule has 1 aromatic carbocycles. The molecule has 0 unspecified atom stereocenters. The van der Waals surface area contributed by atoms with E-state index >= 15 is 0 Å².